The number of thiophene rings is 1. The van der Waals surface area contributed by atoms with Crippen molar-refractivity contribution in [3.05, 3.63) is 40.1 Å². The summed E-state index contributed by atoms with van der Waals surface area (Å²) in [6.07, 6.45) is 1.06. The Labute approximate surface area is 165 Å². The first-order valence-corrected chi connectivity index (χ1v) is 9.75. The van der Waals surface area contributed by atoms with Crippen LogP contribution in [0.4, 0.5) is 0 Å². The lowest BCUT2D eigenvalue weighted by atomic mass is 10.1. The highest BCUT2D eigenvalue weighted by Crippen LogP contribution is 2.33. The molecule has 0 radical (unpaired) electrons. The minimum absolute atomic E-state index is 0.507. The van der Waals surface area contributed by atoms with Gasteiger partial charge in [-0.05, 0) is 23.8 Å². The molecule has 27 heavy (non-hydrogen) atoms. The molecule has 0 aliphatic carbocycles. The zero-order chi connectivity index (χ0) is 19.6. The van der Waals surface area contributed by atoms with E-state index >= 15 is 0 Å². The lowest BCUT2D eigenvalue weighted by molar-refractivity contribution is 0.368. The highest BCUT2D eigenvalue weighted by atomic mass is 32.1. The van der Waals surface area contributed by atoms with E-state index < -0.39 is 0 Å². The topological polar surface area (TPSA) is 64.1 Å². The Hall–Kier alpha value is -2.41. The first kappa shape index (κ1) is 20.9. The Bertz CT molecular complexity index is 707. The molecule has 0 saturated carbocycles. The van der Waals surface area contributed by atoms with Crippen molar-refractivity contribution in [1.29, 1.82) is 0 Å². The van der Waals surface area contributed by atoms with Gasteiger partial charge in [-0.15, -0.1) is 11.3 Å². The lowest BCUT2D eigenvalue weighted by Crippen LogP contribution is -2.39. The van der Waals surface area contributed by atoms with Crippen molar-refractivity contribution in [2.24, 2.45) is 10.9 Å². The molecule has 6 nitrogen and oxygen atoms in total. The Kier molecular flexibility index (Phi) is 8.26. The number of nitrogens with zero attached hydrogens (tertiary/aromatic N) is 1. The van der Waals surface area contributed by atoms with Gasteiger partial charge in [0.05, 0.1) is 33.4 Å². The number of methoxy groups -OCH3 is 3. The van der Waals surface area contributed by atoms with Gasteiger partial charge in [-0.25, -0.2) is 0 Å². The van der Waals surface area contributed by atoms with E-state index in [-0.39, 0.29) is 0 Å². The van der Waals surface area contributed by atoms with E-state index in [2.05, 4.69) is 40.1 Å². The number of nitrogens with one attached hydrogen (secondary N) is 2. The molecule has 0 spiro atoms. The summed E-state index contributed by atoms with van der Waals surface area (Å²) >= 11 is 1.80. The lowest BCUT2D eigenvalue weighted by Gasteiger charge is -2.18. The third kappa shape index (κ3) is 6.06. The number of benzene rings is 1. The predicted octanol–water partition coefficient (Wildman–Crippen LogP) is 3.32. The molecule has 7 heteroatoms. The zero-order valence-electron chi connectivity index (χ0n) is 16.7. The average Bonchev–Trinajstić information content (AvgIpc) is 3.20. The summed E-state index contributed by atoms with van der Waals surface area (Å²) in [6, 6.07) is 7.96. The van der Waals surface area contributed by atoms with Gasteiger partial charge < -0.3 is 24.8 Å². The van der Waals surface area contributed by atoms with Crippen LogP contribution < -0.4 is 24.8 Å². The summed E-state index contributed by atoms with van der Waals surface area (Å²) in [7, 11) is 6.66. The van der Waals surface area contributed by atoms with Crippen molar-refractivity contribution in [1.82, 2.24) is 10.6 Å². The standard InChI is InChI=1S/C20H29N3O3S/c1-14(9-16-7-6-8-27-16)12-22-20(21-2)23-13-17-18(25-4)10-15(24-3)11-19(17)26-5/h6-8,10-11,14H,9,12-13H2,1-5H3,(H2,21,22,23). The average molecular weight is 392 g/mol. The second kappa shape index (κ2) is 10.7. The number of aliphatic imine (C=N–C) groups is 1. The van der Waals surface area contributed by atoms with Gasteiger partial charge in [-0.1, -0.05) is 13.0 Å². The van der Waals surface area contributed by atoms with E-state index in [4.69, 9.17) is 14.2 Å². The maximum atomic E-state index is 5.49. The summed E-state index contributed by atoms with van der Waals surface area (Å²) in [6.45, 7) is 3.60. The predicted molar refractivity (Wildman–Crippen MR) is 111 cm³/mol. The van der Waals surface area contributed by atoms with Crippen LogP contribution in [0.2, 0.25) is 0 Å². The fourth-order valence-corrected chi connectivity index (χ4v) is 3.63. The van der Waals surface area contributed by atoms with Crippen molar-refractivity contribution < 1.29 is 14.2 Å². The number of hydrogen-bond acceptors (Lipinski definition) is 5. The molecule has 148 valence electrons. The first-order valence-electron chi connectivity index (χ1n) is 8.87. The second-order valence-electron chi connectivity index (χ2n) is 6.21. The summed E-state index contributed by atoms with van der Waals surface area (Å²) in [5, 5.41) is 8.83. The first-order chi connectivity index (χ1) is 13.1. The van der Waals surface area contributed by atoms with Crippen molar-refractivity contribution >= 4 is 17.3 Å². The highest BCUT2D eigenvalue weighted by molar-refractivity contribution is 7.09. The van der Waals surface area contributed by atoms with Crippen LogP contribution in [-0.2, 0) is 13.0 Å². The maximum Gasteiger partial charge on any atom is 0.191 e. The number of hydrogen-bond donors (Lipinski definition) is 2. The third-order valence-corrected chi connectivity index (χ3v) is 5.12. The van der Waals surface area contributed by atoms with Crippen LogP contribution in [0.1, 0.15) is 17.4 Å². The van der Waals surface area contributed by atoms with Gasteiger partial charge in [0.1, 0.15) is 17.2 Å². The molecule has 1 unspecified atom stereocenters. The molecular weight excluding hydrogens is 362 g/mol. The van der Waals surface area contributed by atoms with Crippen molar-refractivity contribution in [2.45, 2.75) is 19.9 Å². The molecule has 2 N–H and O–H groups in total. The Morgan fingerprint density at radius 1 is 1.11 bits per heavy atom. The zero-order valence-corrected chi connectivity index (χ0v) is 17.5. The molecule has 0 aliphatic heterocycles. The van der Waals surface area contributed by atoms with Gasteiger partial charge in [-0.3, -0.25) is 4.99 Å². The van der Waals surface area contributed by atoms with E-state index in [9.17, 15) is 0 Å². The molecule has 0 bridgehead atoms. The van der Waals surface area contributed by atoms with Gasteiger partial charge in [0.25, 0.3) is 0 Å². The number of guanidine groups is 1. The van der Waals surface area contributed by atoms with Crippen LogP contribution in [0.5, 0.6) is 17.2 Å². The Morgan fingerprint density at radius 3 is 2.33 bits per heavy atom. The third-order valence-electron chi connectivity index (χ3n) is 4.22. The van der Waals surface area contributed by atoms with Gasteiger partial charge in [-0.2, -0.15) is 0 Å². The van der Waals surface area contributed by atoms with E-state index in [1.807, 2.05) is 12.1 Å². The normalized spacial score (nSPS) is 12.4. The highest BCUT2D eigenvalue weighted by Gasteiger charge is 2.14. The smallest absolute Gasteiger partial charge is 0.191 e. The second-order valence-corrected chi connectivity index (χ2v) is 7.24. The van der Waals surface area contributed by atoms with E-state index in [1.165, 1.54) is 4.88 Å². The minimum Gasteiger partial charge on any atom is -0.496 e. The summed E-state index contributed by atoms with van der Waals surface area (Å²) in [5.74, 6) is 3.36. The molecule has 0 aliphatic rings. The fourth-order valence-electron chi connectivity index (χ4n) is 2.76. The largest absolute Gasteiger partial charge is 0.496 e. The fraction of sp³-hybridized carbons (Fsp3) is 0.450. The molecule has 1 aromatic carbocycles. The summed E-state index contributed by atoms with van der Waals surface area (Å²) in [5.41, 5.74) is 0.912. The van der Waals surface area contributed by atoms with Crippen LogP contribution in [0.3, 0.4) is 0 Å². The van der Waals surface area contributed by atoms with Crippen LogP contribution in [0.25, 0.3) is 0 Å². The monoisotopic (exact) mass is 391 g/mol. The van der Waals surface area contributed by atoms with Gasteiger partial charge in [0.15, 0.2) is 5.96 Å². The van der Waals surface area contributed by atoms with Crippen LogP contribution in [0, 0.1) is 5.92 Å². The van der Waals surface area contributed by atoms with Crippen LogP contribution in [-0.4, -0.2) is 40.9 Å². The Balaban J connectivity index is 1.95. The van der Waals surface area contributed by atoms with Crippen molar-refractivity contribution in [2.75, 3.05) is 34.9 Å². The molecule has 1 atom stereocenters. The quantitative estimate of drug-likeness (QED) is 0.507. The van der Waals surface area contributed by atoms with Crippen molar-refractivity contribution in [3.63, 3.8) is 0 Å². The molecule has 0 amide bonds. The summed E-state index contributed by atoms with van der Waals surface area (Å²) in [4.78, 5) is 5.71. The van der Waals surface area contributed by atoms with Gasteiger partial charge in [0.2, 0.25) is 0 Å². The number of rotatable bonds is 9. The van der Waals surface area contributed by atoms with E-state index in [0.29, 0.717) is 29.7 Å². The maximum absolute atomic E-state index is 5.49. The molecule has 1 aromatic heterocycles. The molecule has 1 heterocycles. The van der Waals surface area contributed by atoms with Crippen LogP contribution in [0.15, 0.2) is 34.6 Å². The van der Waals surface area contributed by atoms with Gasteiger partial charge >= 0.3 is 0 Å². The number of ether oxygens (including phenoxy) is 3. The van der Waals surface area contributed by atoms with Gasteiger partial charge in [0, 0.05) is 30.6 Å². The molecule has 2 aromatic rings. The van der Waals surface area contributed by atoms with Crippen molar-refractivity contribution in [3.8, 4) is 17.2 Å². The van der Waals surface area contributed by atoms with Crippen LogP contribution >= 0.6 is 11.3 Å². The Morgan fingerprint density at radius 2 is 1.81 bits per heavy atom. The SMILES string of the molecule is CN=C(NCc1c(OC)cc(OC)cc1OC)NCC(C)Cc1cccs1. The van der Waals surface area contributed by atoms with E-state index in [1.54, 1.807) is 39.7 Å². The molecule has 0 fully saturated rings. The molecule has 2 rings (SSSR count). The molecular formula is C20H29N3O3S. The summed E-state index contributed by atoms with van der Waals surface area (Å²) < 4.78 is 16.3. The van der Waals surface area contributed by atoms with E-state index in [0.717, 1.165) is 24.5 Å². The minimum atomic E-state index is 0.507. The molecule has 0 saturated heterocycles.